The van der Waals surface area contributed by atoms with Crippen LogP contribution in [0.15, 0.2) is 35.6 Å². The zero-order valence-corrected chi connectivity index (χ0v) is 6.81. The molecule has 0 heterocycles. The van der Waals surface area contributed by atoms with Crippen molar-refractivity contribution >= 4 is 5.71 Å². The molecule has 0 fully saturated rings. The van der Waals surface area contributed by atoms with E-state index in [0.717, 1.165) is 11.3 Å². The molecule has 0 aromatic heterocycles. The second-order valence-electron chi connectivity index (χ2n) is 2.42. The lowest BCUT2D eigenvalue weighted by atomic mass is 10.0. The number of rotatable bonds is 1. The van der Waals surface area contributed by atoms with Gasteiger partial charge in [0.05, 0.1) is 5.71 Å². The number of hydrogen-bond donors (Lipinski definition) is 2. The van der Waals surface area contributed by atoms with Crippen molar-refractivity contribution in [3.05, 3.63) is 35.6 Å². The summed E-state index contributed by atoms with van der Waals surface area (Å²) in [7, 11) is 1.86. The molecule has 58 valence electrons. The Bertz CT molecular complexity index is 257. The van der Waals surface area contributed by atoms with Crippen molar-refractivity contribution < 1.29 is 0 Å². The number of hydrogen-bond acceptors (Lipinski definition) is 2. The molecule has 0 aromatic rings. The molecule has 0 atom stereocenters. The SMILES string of the molecule is CN/C(C)=C1/C=CC=CC1=N. The molecule has 0 aromatic carbocycles. The summed E-state index contributed by atoms with van der Waals surface area (Å²) in [5, 5.41) is 10.6. The number of nitrogens with one attached hydrogen (secondary N) is 2. The highest BCUT2D eigenvalue weighted by molar-refractivity contribution is 6.09. The average molecular weight is 148 g/mol. The van der Waals surface area contributed by atoms with Crippen LogP contribution in [0.4, 0.5) is 0 Å². The van der Waals surface area contributed by atoms with Gasteiger partial charge in [-0.2, -0.15) is 0 Å². The summed E-state index contributed by atoms with van der Waals surface area (Å²) >= 11 is 0. The predicted octanol–water partition coefficient (Wildman–Crippen LogP) is 1.63. The van der Waals surface area contributed by atoms with E-state index in [-0.39, 0.29) is 0 Å². The van der Waals surface area contributed by atoms with Crippen molar-refractivity contribution in [3.8, 4) is 0 Å². The van der Waals surface area contributed by atoms with Crippen LogP contribution in [0.25, 0.3) is 0 Å². The summed E-state index contributed by atoms with van der Waals surface area (Å²) in [6.45, 7) is 1.97. The van der Waals surface area contributed by atoms with Crippen LogP contribution < -0.4 is 5.32 Å². The Morgan fingerprint density at radius 2 is 2.00 bits per heavy atom. The van der Waals surface area contributed by atoms with Gasteiger partial charge >= 0.3 is 0 Å². The van der Waals surface area contributed by atoms with Crippen LogP contribution >= 0.6 is 0 Å². The second kappa shape index (κ2) is 3.19. The third kappa shape index (κ3) is 1.58. The van der Waals surface area contributed by atoms with Crippen LogP contribution in [-0.4, -0.2) is 12.8 Å². The molecule has 1 aliphatic rings. The highest BCUT2D eigenvalue weighted by Gasteiger charge is 2.03. The predicted molar refractivity (Wildman–Crippen MR) is 47.8 cm³/mol. The van der Waals surface area contributed by atoms with Gasteiger partial charge in [0.25, 0.3) is 0 Å². The van der Waals surface area contributed by atoms with Gasteiger partial charge in [0, 0.05) is 18.3 Å². The zero-order chi connectivity index (χ0) is 8.27. The van der Waals surface area contributed by atoms with E-state index < -0.39 is 0 Å². The van der Waals surface area contributed by atoms with E-state index in [2.05, 4.69) is 5.32 Å². The molecule has 0 aliphatic heterocycles. The van der Waals surface area contributed by atoms with Gasteiger partial charge in [0.1, 0.15) is 0 Å². The Morgan fingerprint density at radius 1 is 1.36 bits per heavy atom. The fraction of sp³-hybridized carbons (Fsp3) is 0.222. The number of allylic oxidation sites excluding steroid dienone is 6. The molecular formula is C9H12N2. The standard InChI is InChI=1S/C9H12N2/c1-7(11-2)8-5-3-4-6-9(8)10/h3-6,10-11H,1-2H3/b8-7-,10-9?. The van der Waals surface area contributed by atoms with Crippen LogP contribution in [0.5, 0.6) is 0 Å². The van der Waals surface area contributed by atoms with Gasteiger partial charge in [-0.05, 0) is 13.0 Å². The minimum atomic E-state index is 0.569. The molecule has 0 amide bonds. The maximum Gasteiger partial charge on any atom is 0.0629 e. The first-order valence-corrected chi connectivity index (χ1v) is 3.58. The molecular weight excluding hydrogens is 136 g/mol. The lowest BCUT2D eigenvalue weighted by Gasteiger charge is -2.08. The Kier molecular flexibility index (Phi) is 2.26. The maximum absolute atomic E-state index is 7.54. The van der Waals surface area contributed by atoms with Gasteiger partial charge in [-0.25, -0.2) is 0 Å². The molecule has 0 spiro atoms. The molecule has 0 radical (unpaired) electrons. The normalized spacial score (nSPS) is 20.4. The molecule has 2 nitrogen and oxygen atoms in total. The molecule has 1 aliphatic carbocycles. The summed E-state index contributed by atoms with van der Waals surface area (Å²) in [4.78, 5) is 0. The summed E-state index contributed by atoms with van der Waals surface area (Å²) in [6, 6.07) is 0. The topological polar surface area (TPSA) is 35.9 Å². The van der Waals surface area contributed by atoms with Gasteiger partial charge in [-0.3, -0.25) is 0 Å². The van der Waals surface area contributed by atoms with E-state index in [1.165, 1.54) is 0 Å². The first-order valence-electron chi connectivity index (χ1n) is 3.58. The molecule has 0 bridgehead atoms. The smallest absolute Gasteiger partial charge is 0.0629 e. The van der Waals surface area contributed by atoms with E-state index in [9.17, 15) is 0 Å². The maximum atomic E-state index is 7.54. The van der Waals surface area contributed by atoms with E-state index in [1.54, 1.807) is 6.08 Å². The quantitative estimate of drug-likeness (QED) is 0.582. The van der Waals surface area contributed by atoms with E-state index in [0.29, 0.717) is 5.71 Å². The van der Waals surface area contributed by atoms with Crippen molar-refractivity contribution in [1.82, 2.24) is 5.32 Å². The molecule has 11 heavy (non-hydrogen) atoms. The molecule has 2 N–H and O–H groups in total. The van der Waals surface area contributed by atoms with Crippen LogP contribution in [0, 0.1) is 5.41 Å². The Morgan fingerprint density at radius 3 is 2.55 bits per heavy atom. The van der Waals surface area contributed by atoms with Crippen LogP contribution in [0.3, 0.4) is 0 Å². The van der Waals surface area contributed by atoms with Gasteiger partial charge < -0.3 is 10.7 Å². The van der Waals surface area contributed by atoms with Crippen molar-refractivity contribution in [3.63, 3.8) is 0 Å². The fourth-order valence-corrected chi connectivity index (χ4v) is 0.945. The minimum Gasteiger partial charge on any atom is -0.391 e. The largest absolute Gasteiger partial charge is 0.391 e. The lowest BCUT2D eigenvalue weighted by molar-refractivity contribution is 0.981. The van der Waals surface area contributed by atoms with Crippen LogP contribution in [-0.2, 0) is 0 Å². The summed E-state index contributed by atoms with van der Waals surface area (Å²) in [6.07, 6.45) is 7.54. The van der Waals surface area contributed by atoms with Gasteiger partial charge in [0.2, 0.25) is 0 Å². The third-order valence-electron chi connectivity index (χ3n) is 1.71. The highest BCUT2D eigenvalue weighted by Crippen LogP contribution is 2.09. The first-order chi connectivity index (χ1) is 5.25. The Labute approximate surface area is 66.8 Å². The lowest BCUT2D eigenvalue weighted by Crippen LogP contribution is -2.10. The summed E-state index contributed by atoms with van der Waals surface area (Å²) in [5.74, 6) is 0. The van der Waals surface area contributed by atoms with Crippen molar-refractivity contribution in [1.29, 1.82) is 5.41 Å². The summed E-state index contributed by atoms with van der Waals surface area (Å²) in [5.41, 5.74) is 2.57. The Hall–Kier alpha value is -1.31. The summed E-state index contributed by atoms with van der Waals surface area (Å²) < 4.78 is 0. The van der Waals surface area contributed by atoms with Crippen LogP contribution in [0.1, 0.15) is 6.92 Å². The molecule has 0 saturated heterocycles. The average Bonchev–Trinajstić information content (AvgIpc) is 2.04. The van der Waals surface area contributed by atoms with Crippen molar-refractivity contribution in [2.24, 2.45) is 0 Å². The van der Waals surface area contributed by atoms with Gasteiger partial charge in [-0.15, -0.1) is 0 Å². The van der Waals surface area contributed by atoms with Gasteiger partial charge in [0.15, 0.2) is 0 Å². The van der Waals surface area contributed by atoms with Crippen LogP contribution in [0.2, 0.25) is 0 Å². The van der Waals surface area contributed by atoms with Crippen molar-refractivity contribution in [2.75, 3.05) is 7.05 Å². The Balaban J connectivity index is 2.98. The van der Waals surface area contributed by atoms with E-state index in [4.69, 9.17) is 5.41 Å². The van der Waals surface area contributed by atoms with E-state index >= 15 is 0 Å². The molecule has 0 saturated carbocycles. The molecule has 2 heteroatoms. The second-order valence-corrected chi connectivity index (χ2v) is 2.42. The monoisotopic (exact) mass is 148 g/mol. The first kappa shape index (κ1) is 7.79. The van der Waals surface area contributed by atoms with Crippen molar-refractivity contribution in [2.45, 2.75) is 6.92 Å². The zero-order valence-electron chi connectivity index (χ0n) is 6.81. The van der Waals surface area contributed by atoms with E-state index in [1.807, 2.05) is 32.2 Å². The third-order valence-corrected chi connectivity index (χ3v) is 1.71. The molecule has 0 unspecified atom stereocenters. The minimum absolute atomic E-state index is 0.569. The molecule has 1 rings (SSSR count). The highest BCUT2D eigenvalue weighted by atomic mass is 14.8. The fourth-order valence-electron chi connectivity index (χ4n) is 0.945. The van der Waals surface area contributed by atoms with Gasteiger partial charge in [-0.1, -0.05) is 18.2 Å².